The van der Waals surface area contributed by atoms with E-state index in [2.05, 4.69) is 10.6 Å². The van der Waals surface area contributed by atoms with Gasteiger partial charge in [-0.25, -0.2) is 0 Å². The molecule has 0 bridgehead atoms. The van der Waals surface area contributed by atoms with Crippen LogP contribution in [0.5, 0.6) is 0 Å². The summed E-state index contributed by atoms with van der Waals surface area (Å²) < 4.78 is 0. The maximum atomic E-state index is 11.6. The SMILES string of the molecule is CCNC(=O)C(=O)Nc1ccccc1C(C)C. The van der Waals surface area contributed by atoms with Crippen molar-refractivity contribution in [3.63, 3.8) is 0 Å². The Morgan fingerprint density at radius 3 is 2.41 bits per heavy atom. The van der Waals surface area contributed by atoms with Gasteiger partial charge in [-0.2, -0.15) is 0 Å². The van der Waals surface area contributed by atoms with Crippen molar-refractivity contribution in [2.75, 3.05) is 11.9 Å². The van der Waals surface area contributed by atoms with Gasteiger partial charge in [-0.3, -0.25) is 9.59 Å². The number of rotatable bonds is 3. The largest absolute Gasteiger partial charge is 0.348 e. The summed E-state index contributed by atoms with van der Waals surface area (Å²) in [5, 5.41) is 5.09. The molecule has 2 amide bonds. The van der Waals surface area contributed by atoms with E-state index in [0.29, 0.717) is 18.2 Å². The van der Waals surface area contributed by atoms with Crippen molar-refractivity contribution in [3.05, 3.63) is 29.8 Å². The third-order valence-electron chi connectivity index (χ3n) is 2.37. The zero-order chi connectivity index (χ0) is 12.8. The highest BCUT2D eigenvalue weighted by Crippen LogP contribution is 2.23. The highest BCUT2D eigenvalue weighted by molar-refractivity contribution is 6.39. The maximum absolute atomic E-state index is 11.6. The van der Waals surface area contributed by atoms with Crippen molar-refractivity contribution in [2.45, 2.75) is 26.7 Å². The van der Waals surface area contributed by atoms with Crippen molar-refractivity contribution >= 4 is 17.5 Å². The fourth-order valence-electron chi connectivity index (χ4n) is 1.53. The van der Waals surface area contributed by atoms with Crippen molar-refractivity contribution < 1.29 is 9.59 Å². The molecule has 1 rings (SSSR count). The molecule has 0 heterocycles. The van der Waals surface area contributed by atoms with Crippen LogP contribution in [-0.2, 0) is 9.59 Å². The van der Waals surface area contributed by atoms with E-state index in [0.717, 1.165) is 5.56 Å². The summed E-state index contributed by atoms with van der Waals surface area (Å²) in [4.78, 5) is 22.9. The fraction of sp³-hybridized carbons (Fsp3) is 0.385. The van der Waals surface area contributed by atoms with Crippen LogP contribution in [-0.4, -0.2) is 18.4 Å². The number of para-hydroxylation sites is 1. The van der Waals surface area contributed by atoms with Crippen LogP contribution in [0.3, 0.4) is 0 Å². The lowest BCUT2D eigenvalue weighted by Crippen LogP contribution is -2.35. The minimum absolute atomic E-state index is 0.292. The van der Waals surface area contributed by atoms with Crippen LogP contribution < -0.4 is 10.6 Å². The molecule has 0 saturated heterocycles. The lowest BCUT2D eigenvalue weighted by Gasteiger charge is -2.13. The quantitative estimate of drug-likeness (QED) is 0.784. The molecular weight excluding hydrogens is 216 g/mol. The molecule has 0 saturated carbocycles. The zero-order valence-electron chi connectivity index (χ0n) is 10.4. The van der Waals surface area contributed by atoms with E-state index in [1.807, 2.05) is 32.0 Å². The monoisotopic (exact) mass is 234 g/mol. The van der Waals surface area contributed by atoms with Crippen molar-refractivity contribution in [3.8, 4) is 0 Å². The van der Waals surface area contributed by atoms with Gasteiger partial charge in [-0.15, -0.1) is 0 Å². The zero-order valence-corrected chi connectivity index (χ0v) is 10.4. The normalized spacial score (nSPS) is 10.1. The molecule has 1 aromatic carbocycles. The highest BCUT2D eigenvalue weighted by Gasteiger charge is 2.14. The minimum atomic E-state index is -0.625. The molecular formula is C13H18N2O2. The van der Waals surface area contributed by atoms with Gasteiger partial charge in [0.2, 0.25) is 0 Å². The molecule has 4 nitrogen and oxygen atoms in total. The molecule has 4 heteroatoms. The Bertz CT molecular complexity index is 414. The van der Waals surface area contributed by atoms with Crippen LogP contribution >= 0.6 is 0 Å². The van der Waals surface area contributed by atoms with Crippen molar-refractivity contribution in [1.82, 2.24) is 5.32 Å². The van der Waals surface area contributed by atoms with Crippen molar-refractivity contribution in [2.24, 2.45) is 0 Å². The second-order valence-electron chi connectivity index (χ2n) is 4.06. The molecule has 0 unspecified atom stereocenters. The van der Waals surface area contributed by atoms with Gasteiger partial charge in [-0.05, 0) is 24.5 Å². The number of hydrogen-bond acceptors (Lipinski definition) is 2. The Hall–Kier alpha value is -1.84. The van der Waals surface area contributed by atoms with E-state index in [-0.39, 0.29) is 0 Å². The van der Waals surface area contributed by atoms with Gasteiger partial charge in [0.15, 0.2) is 0 Å². The first-order chi connectivity index (χ1) is 8.06. The molecule has 2 N–H and O–H groups in total. The first kappa shape index (κ1) is 13.2. The van der Waals surface area contributed by atoms with Gasteiger partial charge >= 0.3 is 11.8 Å². The average Bonchev–Trinajstić information content (AvgIpc) is 2.29. The predicted molar refractivity (Wildman–Crippen MR) is 67.8 cm³/mol. The van der Waals surface area contributed by atoms with Crippen LogP contribution in [0.2, 0.25) is 0 Å². The molecule has 0 spiro atoms. The Labute approximate surface area is 101 Å². The summed E-state index contributed by atoms with van der Waals surface area (Å²) in [5.74, 6) is -0.938. The molecule has 92 valence electrons. The Morgan fingerprint density at radius 1 is 1.18 bits per heavy atom. The van der Waals surface area contributed by atoms with E-state index in [1.54, 1.807) is 13.0 Å². The average molecular weight is 234 g/mol. The van der Waals surface area contributed by atoms with Gasteiger partial charge < -0.3 is 10.6 Å². The fourth-order valence-corrected chi connectivity index (χ4v) is 1.53. The second-order valence-corrected chi connectivity index (χ2v) is 4.06. The summed E-state index contributed by atoms with van der Waals surface area (Å²) in [6, 6.07) is 7.49. The van der Waals surface area contributed by atoms with Crippen LogP contribution in [0.1, 0.15) is 32.3 Å². The smallest absolute Gasteiger partial charge is 0.313 e. The summed E-state index contributed by atoms with van der Waals surface area (Å²) >= 11 is 0. The van der Waals surface area contributed by atoms with E-state index in [1.165, 1.54) is 0 Å². The van der Waals surface area contributed by atoms with E-state index in [4.69, 9.17) is 0 Å². The van der Waals surface area contributed by atoms with Gasteiger partial charge in [0.05, 0.1) is 0 Å². The topological polar surface area (TPSA) is 58.2 Å². The summed E-state index contributed by atoms with van der Waals surface area (Å²) in [6.07, 6.45) is 0. The summed E-state index contributed by atoms with van der Waals surface area (Å²) in [6.45, 7) is 6.29. The van der Waals surface area contributed by atoms with Gasteiger partial charge in [0.1, 0.15) is 0 Å². The Balaban J connectivity index is 2.81. The van der Waals surface area contributed by atoms with E-state index < -0.39 is 11.8 Å². The highest BCUT2D eigenvalue weighted by atomic mass is 16.2. The molecule has 0 aliphatic carbocycles. The lowest BCUT2D eigenvalue weighted by molar-refractivity contribution is -0.136. The third kappa shape index (κ3) is 3.59. The maximum Gasteiger partial charge on any atom is 0.313 e. The number of benzene rings is 1. The van der Waals surface area contributed by atoms with Gasteiger partial charge in [0, 0.05) is 12.2 Å². The van der Waals surface area contributed by atoms with Crippen LogP contribution in [0, 0.1) is 0 Å². The Kier molecular flexibility index (Phi) is 4.69. The standard InChI is InChI=1S/C13H18N2O2/c1-4-14-12(16)13(17)15-11-8-6-5-7-10(11)9(2)3/h5-9H,4H2,1-3H3,(H,14,16)(H,15,17). The number of carbonyl (C=O) groups excluding carboxylic acids is 2. The molecule has 0 fully saturated rings. The number of carbonyl (C=O) groups is 2. The first-order valence-electron chi connectivity index (χ1n) is 5.74. The van der Waals surface area contributed by atoms with Gasteiger partial charge in [-0.1, -0.05) is 32.0 Å². The number of anilines is 1. The molecule has 0 aromatic heterocycles. The molecule has 17 heavy (non-hydrogen) atoms. The number of hydrogen-bond donors (Lipinski definition) is 2. The van der Waals surface area contributed by atoms with Crippen LogP contribution in [0.4, 0.5) is 5.69 Å². The molecule has 0 aliphatic heterocycles. The van der Waals surface area contributed by atoms with Crippen LogP contribution in [0.25, 0.3) is 0 Å². The molecule has 0 aliphatic rings. The lowest BCUT2D eigenvalue weighted by atomic mass is 10.0. The molecule has 1 aromatic rings. The summed E-state index contributed by atoms with van der Waals surface area (Å²) in [7, 11) is 0. The van der Waals surface area contributed by atoms with E-state index in [9.17, 15) is 9.59 Å². The van der Waals surface area contributed by atoms with Crippen LogP contribution in [0.15, 0.2) is 24.3 Å². The van der Waals surface area contributed by atoms with Crippen molar-refractivity contribution in [1.29, 1.82) is 0 Å². The summed E-state index contributed by atoms with van der Waals surface area (Å²) in [5.41, 5.74) is 1.71. The molecule has 0 radical (unpaired) electrons. The Morgan fingerprint density at radius 2 is 1.82 bits per heavy atom. The third-order valence-corrected chi connectivity index (χ3v) is 2.37. The first-order valence-corrected chi connectivity index (χ1v) is 5.74. The van der Waals surface area contributed by atoms with Gasteiger partial charge in [0.25, 0.3) is 0 Å². The van der Waals surface area contributed by atoms with E-state index >= 15 is 0 Å². The number of amides is 2. The molecule has 0 atom stereocenters. The predicted octanol–water partition coefficient (Wildman–Crippen LogP) is 1.88. The number of nitrogens with one attached hydrogen (secondary N) is 2. The number of likely N-dealkylation sites (N-methyl/N-ethyl adjacent to an activating group) is 1. The minimum Gasteiger partial charge on any atom is -0.348 e. The second kappa shape index (κ2) is 6.03.